The van der Waals surface area contributed by atoms with E-state index in [-0.39, 0.29) is 16.9 Å². The second-order valence-corrected chi connectivity index (χ2v) is 8.52. The fraction of sp³-hybridized carbons (Fsp3) is 0.882. The number of carboxylic acids is 1. The van der Waals surface area contributed by atoms with Gasteiger partial charge in [-0.1, -0.05) is 20.8 Å². The van der Waals surface area contributed by atoms with Crippen molar-refractivity contribution >= 4 is 11.9 Å². The molecule has 21 heavy (non-hydrogen) atoms. The Labute approximate surface area is 126 Å². The predicted molar refractivity (Wildman–Crippen MR) is 79.7 cm³/mol. The molecule has 0 aromatic heterocycles. The maximum Gasteiger partial charge on any atom is 0.309 e. The third-order valence-corrected chi connectivity index (χ3v) is 6.39. The van der Waals surface area contributed by atoms with Crippen LogP contribution >= 0.6 is 0 Å². The molecule has 0 aliphatic heterocycles. The van der Waals surface area contributed by atoms with Gasteiger partial charge in [-0.3, -0.25) is 9.59 Å². The largest absolute Gasteiger partial charge is 0.481 e. The molecule has 4 rings (SSSR count). The first kappa shape index (κ1) is 14.9. The van der Waals surface area contributed by atoms with Crippen molar-refractivity contribution in [2.45, 2.75) is 71.3 Å². The van der Waals surface area contributed by atoms with Crippen LogP contribution in [0.2, 0.25) is 0 Å². The third kappa shape index (κ3) is 2.27. The van der Waals surface area contributed by atoms with Crippen LogP contribution in [0.5, 0.6) is 0 Å². The molecule has 4 nitrogen and oxygen atoms in total. The monoisotopic (exact) mass is 293 g/mol. The van der Waals surface area contributed by atoms with E-state index in [1.807, 2.05) is 20.8 Å². The van der Waals surface area contributed by atoms with Crippen molar-refractivity contribution in [2.75, 3.05) is 0 Å². The molecule has 0 radical (unpaired) electrons. The zero-order valence-corrected chi connectivity index (χ0v) is 13.4. The third-order valence-electron chi connectivity index (χ3n) is 6.39. The van der Waals surface area contributed by atoms with Gasteiger partial charge in [0.2, 0.25) is 5.91 Å². The van der Waals surface area contributed by atoms with Crippen molar-refractivity contribution in [1.29, 1.82) is 0 Å². The lowest BCUT2D eigenvalue weighted by Crippen LogP contribution is -2.65. The van der Waals surface area contributed by atoms with E-state index in [1.54, 1.807) is 0 Å². The van der Waals surface area contributed by atoms with Crippen molar-refractivity contribution in [3.8, 4) is 0 Å². The molecule has 118 valence electrons. The fourth-order valence-corrected chi connectivity index (χ4v) is 5.23. The second kappa shape index (κ2) is 4.47. The van der Waals surface area contributed by atoms with Gasteiger partial charge in [-0.05, 0) is 56.8 Å². The summed E-state index contributed by atoms with van der Waals surface area (Å²) in [6.45, 7) is 5.96. The molecule has 4 fully saturated rings. The number of carbonyl (C=O) groups excluding carboxylic acids is 1. The first-order chi connectivity index (χ1) is 9.70. The Kier molecular flexibility index (Phi) is 3.16. The summed E-state index contributed by atoms with van der Waals surface area (Å²) in [4.78, 5) is 24.4. The highest BCUT2D eigenvalue weighted by Crippen LogP contribution is 2.61. The van der Waals surface area contributed by atoms with Gasteiger partial charge in [-0.15, -0.1) is 0 Å². The lowest BCUT2D eigenvalue weighted by Gasteiger charge is -2.60. The first-order valence-electron chi connectivity index (χ1n) is 8.26. The molecule has 4 aliphatic rings. The number of carboxylic acid groups (broad SMARTS) is 1. The Morgan fingerprint density at radius 3 is 2.24 bits per heavy atom. The van der Waals surface area contributed by atoms with E-state index in [4.69, 9.17) is 0 Å². The first-order valence-corrected chi connectivity index (χ1v) is 8.26. The smallest absolute Gasteiger partial charge is 0.309 e. The van der Waals surface area contributed by atoms with E-state index in [0.29, 0.717) is 18.3 Å². The summed E-state index contributed by atoms with van der Waals surface area (Å²) < 4.78 is 0. The van der Waals surface area contributed by atoms with E-state index < -0.39 is 11.4 Å². The normalized spacial score (nSPS) is 41.1. The molecule has 4 bridgehead atoms. The summed E-state index contributed by atoms with van der Waals surface area (Å²) in [5.41, 5.74) is -1.21. The van der Waals surface area contributed by atoms with Crippen LogP contribution in [0.25, 0.3) is 0 Å². The quantitative estimate of drug-likeness (QED) is 0.837. The van der Waals surface area contributed by atoms with Gasteiger partial charge in [0.05, 0.1) is 5.41 Å². The van der Waals surface area contributed by atoms with Crippen molar-refractivity contribution in [3.63, 3.8) is 0 Å². The molecule has 4 heteroatoms. The van der Waals surface area contributed by atoms with E-state index >= 15 is 0 Å². The lowest BCUT2D eigenvalue weighted by atomic mass is 9.46. The van der Waals surface area contributed by atoms with Crippen LogP contribution in [0.3, 0.4) is 0 Å². The Morgan fingerprint density at radius 1 is 1.19 bits per heavy atom. The summed E-state index contributed by atoms with van der Waals surface area (Å²) in [5.74, 6) is 0.400. The summed E-state index contributed by atoms with van der Waals surface area (Å²) >= 11 is 0. The molecule has 1 amide bonds. The number of nitrogens with one attached hydrogen (secondary N) is 1. The number of rotatable bonds is 4. The van der Waals surface area contributed by atoms with Crippen LogP contribution in [-0.2, 0) is 9.59 Å². The van der Waals surface area contributed by atoms with Crippen molar-refractivity contribution < 1.29 is 14.7 Å². The minimum absolute atomic E-state index is 0.0903. The van der Waals surface area contributed by atoms with E-state index in [9.17, 15) is 14.7 Å². The van der Waals surface area contributed by atoms with Crippen LogP contribution in [0.15, 0.2) is 0 Å². The SMILES string of the molecule is CCC(C)(C)C(=O)NC12CC3CC(C1)CC(C(=O)O)(C3)C2. The average molecular weight is 293 g/mol. The molecule has 4 aliphatic carbocycles. The highest BCUT2D eigenvalue weighted by atomic mass is 16.4. The van der Waals surface area contributed by atoms with E-state index in [0.717, 1.165) is 38.5 Å². The minimum Gasteiger partial charge on any atom is -0.481 e. The summed E-state index contributed by atoms with van der Waals surface area (Å²) in [6.07, 6.45) is 6.17. The number of hydrogen-bond donors (Lipinski definition) is 2. The van der Waals surface area contributed by atoms with Gasteiger partial charge in [-0.2, -0.15) is 0 Å². The molecule has 0 heterocycles. The van der Waals surface area contributed by atoms with Crippen LogP contribution in [0.1, 0.15) is 65.7 Å². The molecular formula is C17H27NO3. The van der Waals surface area contributed by atoms with Crippen molar-refractivity contribution in [1.82, 2.24) is 5.32 Å². The molecular weight excluding hydrogens is 266 g/mol. The Hall–Kier alpha value is -1.06. The highest BCUT2D eigenvalue weighted by Gasteiger charge is 2.61. The van der Waals surface area contributed by atoms with Crippen molar-refractivity contribution in [2.24, 2.45) is 22.7 Å². The van der Waals surface area contributed by atoms with Crippen LogP contribution in [-0.4, -0.2) is 22.5 Å². The lowest BCUT2D eigenvalue weighted by molar-refractivity contribution is -0.170. The molecule has 0 aromatic rings. The number of hydrogen-bond acceptors (Lipinski definition) is 2. The predicted octanol–water partition coefficient (Wildman–Crippen LogP) is 2.96. The van der Waals surface area contributed by atoms with E-state index in [1.165, 1.54) is 0 Å². The zero-order chi connectivity index (χ0) is 15.5. The molecule has 2 atom stereocenters. The topological polar surface area (TPSA) is 66.4 Å². The summed E-state index contributed by atoms with van der Waals surface area (Å²) in [6, 6.07) is 0. The molecule has 2 unspecified atom stereocenters. The maximum atomic E-state index is 12.6. The average Bonchev–Trinajstić information content (AvgIpc) is 2.36. The molecule has 2 N–H and O–H groups in total. The van der Waals surface area contributed by atoms with Gasteiger partial charge in [0.15, 0.2) is 0 Å². The van der Waals surface area contributed by atoms with Crippen LogP contribution < -0.4 is 5.32 Å². The van der Waals surface area contributed by atoms with Crippen molar-refractivity contribution in [3.05, 3.63) is 0 Å². The Bertz CT molecular complexity index is 468. The molecule has 0 aromatic carbocycles. The van der Waals surface area contributed by atoms with Crippen LogP contribution in [0.4, 0.5) is 0 Å². The van der Waals surface area contributed by atoms with Gasteiger partial charge in [0.1, 0.15) is 0 Å². The number of aliphatic carboxylic acids is 1. The minimum atomic E-state index is -0.648. The summed E-state index contributed by atoms with van der Waals surface area (Å²) in [7, 11) is 0. The standard InChI is InChI=1S/C17H27NO3/c1-4-15(2,3)13(19)18-17-8-11-5-12(9-17)7-16(6-11,10-17)14(20)21/h11-12H,4-10H2,1-3H3,(H,18,19)(H,20,21). The Morgan fingerprint density at radius 2 is 1.76 bits per heavy atom. The number of carbonyl (C=O) groups is 2. The number of amides is 1. The molecule has 0 spiro atoms. The fourth-order valence-electron chi connectivity index (χ4n) is 5.23. The van der Waals surface area contributed by atoms with Gasteiger partial charge in [-0.25, -0.2) is 0 Å². The van der Waals surface area contributed by atoms with Gasteiger partial charge in [0, 0.05) is 11.0 Å². The van der Waals surface area contributed by atoms with E-state index in [2.05, 4.69) is 5.32 Å². The molecule has 4 saturated carbocycles. The van der Waals surface area contributed by atoms with Gasteiger partial charge >= 0.3 is 5.97 Å². The van der Waals surface area contributed by atoms with Gasteiger partial charge < -0.3 is 10.4 Å². The Balaban J connectivity index is 1.85. The van der Waals surface area contributed by atoms with Crippen LogP contribution in [0, 0.1) is 22.7 Å². The van der Waals surface area contributed by atoms with Gasteiger partial charge in [0.25, 0.3) is 0 Å². The maximum absolute atomic E-state index is 12.6. The molecule has 0 saturated heterocycles. The second-order valence-electron chi connectivity index (χ2n) is 8.52. The highest BCUT2D eigenvalue weighted by molar-refractivity contribution is 5.83. The zero-order valence-electron chi connectivity index (χ0n) is 13.4. The summed E-state index contributed by atoms with van der Waals surface area (Å²) in [5, 5.41) is 13.0.